The van der Waals surface area contributed by atoms with Crippen molar-refractivity contribution in [2.24, 2.45) is 0 Å². The lowest BCUT2D eigenvalue weighted by molar-refractivity contribution is 0.736. The van der Waals surface area contributed by atoms with Crippen LogP contribution in [0.2, 0.25) is 0 Å². The Balaban J connectivity index is 2.50. The second-order valence-electron chi connectivity index (χ2n) is 3.87. The molecule has 0 aliphatic carbocycles. The van der Waals surface area contributed by atoms with Crippen LogP contribution in [0.1, 0.15) is 17.0 Å². The van der Waals surface area contributed by atoms with E-state index in [0.29, 0.717) is 6.54 Å². The molecule has 0 unspecified atom stereocenters. The van der Waals surface area contributed by atoms with Crippen LogP contribution in [0.15, 0.2) is 24.5 Å². The number of nitrogens with one attached hydrogen (secondary N) is 1. The largest absolute Gasteiger partial charge is 0.313 e. The number of hydrogen-bond acceptors (Lipinski definition) is 3. The zero-order chi connectivity index (χ0) is 11.5. The molecule has 0 fully saturated rings. The predicted molar refractivity (Wildman–Crippen MR) is 63.6 cm³/mol. The Morgan fingerprint density at radius 2 is 2.12 bits per heavy atom. The van der Waals surface area contributed by atoms with Crippen molar-refractivity contribution < 1.29 is 0 Å². The normalized spacial score (nSPS) is 10.7. The van der Waals surface area contributed by atoms with Crippen molar-refractivity contribution in [1.82, 2.24) is 20.1 Å². The van der Waals surface area contributed by atoms with E-state index in [0.717, 1.165) is 11.5 Å². The van der Waals surface area contributed by atoms with E-state index in [1.54, 1.807) is 6.33 Å². The van der Waals surface area contributed by atoms with Gasteiger partial charge in [-0.15, -0.1) is 10.2 Å². The van der Waals surface area contributed by atoms with E-state index in [4.69, 9.17) is 0 Å². The number of aromatic nitrogens is 3. The first-order valence-corrected chi connectivity index (χ1v) is 5.34. The lowest BCUT2D eigenvalue weighted by Gasteiger charge is -2.11. The molecule has 0 atom stereocenters. The average molecular weight is 216 g/mol. The Morgan fingerprint density at radius 3 is 2.88 bits per heavy atom. The van der Waals surface area contributed by atoms with Crippen molar-refractivity contribution in [3.05, 3.63) is 41.5 Å². The van der Waals surface area contributed by atoms with E-state index in [-0.39, 0.29) is 0 Å². The number of rotatable bonds is 3. The predicted octanol–water partition coefficient (Wildman–Crippen LogP) is 1.60. The number of nitrogens with zero attached hydrogens (tertiary/aromatic N) is 3. The third-order valence-electron chi connectivity index (χ3n) is 2.79. The fourth-order valence-corrected chi connectivity index (χ4v) is 1.74. The van der Waals surface area contributed by atoms with Crippen LogP contribution >= 0.6 is 0 Å². The molecule has 1 N–H and O–H groups in total. The van der Waals surface area contributed by atoms with E-state index >= 15 is 0 Å². The standard InChI is InChI=1S/C12H16N4/c1-9-5-4-6-11(10(9)2)16-8-14-15-12(16)7-13-3/h4-6,8,13H,7H2,1-3H3. The Kier molecular flexibility index (Phi) is 3.01. The van der Waals surface area contributed by atoms with Crippen LogP contribution in [0, 0.1) is 13.8 Å². The van der Waals surface area contributed by atoms with Gasteiger partial charge in [0.1, 0.15) is 6.33 Å². The molecule has 0 saturated carbocycles. The maximum Gasteiger partial charge on any atom is 0.151 e. The lowest BCUT2D eigenvalue weighted by Crippen LogP contribution is -2.11. The van der Waals surface area contributed by atoms with Crippen LogP contribution < -0.4 is 5.32 Å². The molecule has 0 aliphatic rings. The highest BCUT2D eigenvalue weighted by Gasteiger charge is 2.08. The third kappa shape index (κ3) is 1.84. The molecule has 0 aliphatic heterocycles. The van der Waals surface area contributed by atoms with Gasteiger partial charge >= 0.3 is 0 Å². The zero-order valence-corrected chi connectivity index (χ0v) is 9.86. The Bertz CT molecular complexity index is 488. The molecular formula is C12H16N4. The van der Waals surface area contributed by atoms with Gasteiger partial charge in [0.15, 0.2) is 5.82 Å². The summed E-state index contributed by atoms with van der Waals surface area (Å²) in [7, 11) is 1.90. The highest BCUT2D eigenvalue weighted by Crippen LogP contribution is 2.18. The van der Waals surface area contributed by atoms with E-state index in [9.17, 15) is 0 Å². The summed E-state index contributed by atoms with van der Waals surface area (Å²) in [6.45, 7) is 4.95. The quantitative estimate of drug-likeness (QED) is 0.847. The first-order chi connectivity index (χ1) is 7.74. The fraction of sp³-hybridized carbons (Fsp3) is 0.333. The van der Waals surface area contributed by atoms with E-state index in [2.05, 4.69) is 47.6 Å². The van der Waals surface area contributed by atoms with Crippen molar-refractivity contribution >= 4 is 0 Å². The van der Waals surface area contributed by atoms with Gasteiger partial charge in [0.2, 0.25) is 0 Å². The molecular weight excluding hydrogens is 200 g/mol. The molecule has 16 heavy (non-hydrogen) atoms. The van der Waals surface area contributed by atoms with Crippen molar-refractivity contribution in [3.8, 4) is 5.69 Å². The highest BCUT2D eigenvalue weighted by molar-refractivity contribution is 5.45. The van der Waals surface area contributed by atoms with Crippen LogP contribution in [0.5, 0.6) is 0 Å². The minimum absolute atomic E-state index is 0.716. The highest BCUT2D eigenvalue weighted by atomic mass is 15.3. The first-order valence-electron chi connectivity index (χ1n) is 5.34. The summed E-state index contributed by atoms with van der Waals surface area (Å²) < 4.78 is 2.03. The Labute approximate surface area is 95.3 Å². The smallest absolute Gasteiger partial charge is 0.151 e. The summed E-state index contributed by atoms with van der Waals surface area (Å²) in [5.74, 6) is 0.927. The van der Waals surface area contributed by atoms with Crippen molar-refractivity contribution in [3.63, 3.8) is 0 Å². The van der Waals surface area contributed by atoms with Gasteiger partial charge in [-0.1, -0.05) is 12.1 Å². The first kappa shape index (κ1) is 10.8. The summed E-state index contributed by atoms with van der Waals surface area (Å²) in [5.41, 5.74) is 3.69. The van der Waals surface area contributed by atoms with Crippen molar-refractivity contribution in [1.29, 1.82) is 0 Å². The molecule has 4 nitrogen and oxygen atoms in total. The Hall–Kier alpha value is -1.68. The van der Waals surface area contributed by atoms with Gasteiger partial charge in [0.05, 0.1) is 12.2 Å². The molecule has 2 rings (SSSR count). The van der Waals surface area contributed by atoms with Crippen molar-refractivity contribution in [2.45, 2.75) is 20.4 Å². The topological polar surface area (TPSA) is 42.7 Å². The Morgan fingerprint density at radius 1 is 1.31 bits per heavy atom. The molecule has 0 spiro atoms. The van der Waals surface area contributed by atoms with Gasteiger partial charge in [-0.3, -0.25) is 4.57 Å². The number of benzene rings is 1. The molecule has 4 heteroatoms. The molecule has 0 radical (unpaired) electrons. The lowest BCUT2D eigenvalue weighted by atomic mass is 10.1. The molecule has 0 saturated heterocycles. The third-order valence-corrected chi connectivity index (χ3v) is 2.79. The minimum Gasteiger partial charge on any atom is -0.313 e. The SMILES string of the molecule is CNCc1nncn1-c1cccc(C)c1C. The van der Waals surface area contributed by atoms with Gasteiger partial charge in [-0.25, -0.2) is 0 Å². The molecule has 1 heterocycles. The molecule has 0 bridgehead atoms. The van der Waals surface area contributed by atoms with Crippen LogP contribution in [0.25, 0.3) is 5.69 Å². The number of aryl methyl sites for hydroxylation is 1. The molecule has 1 aromatic carbocycles. The van der Waals surface area contributed by atoms with Gasteiger partial charge in [0, 0.05) is 0 Å². The van der Waals surface area contributed by atoms with Crippen molar-refractivity contribution in [2.75, 3.05) is 7.05 Å². The minimum atomic E-state index is 0.716. The monoisotopic (exact) mass is 216 g/mol. The maximum atomic E-state index is 4.10. The van der Waals surface area contributed by atoms with Gasteiger partial charge in [-0.05, 0) is 38.1 Å². The van der Waals surface area contributed by atoms with E-state index in [1.807, 2.05) is 11.6 Å². The van der Waals surface area contributed by atoms with Crippen LogP contribution in [0.4, 0.5) is 0 Å². The van der Waals surface area contributed by atoms with Gasteiger partial charge in [0.25, 0.3) is 0 Å². The van der Waals surface area contributed by atoms with Crippen LogP contribution in [0.3, 0.4) is 0 Å². The van der Waals surface area contributed by atoms with Crippen LogP contribution in [-0.4, -0.2) is 21.8 Å². The number of hydrogen-bond donors (Lipinski definition) is 1. The summed E-state index contributed by atoms with van der Waals surface area (Å²) >= 11 is 0. The van der Waals surface area contributed by atoms with E-state index < -0.39 is 0 Å². The summed E-state index contributed by atoms with van der Waals surface area (Å²) in [6, 6.07) is 6.26. The average Bonchev–Trinajstić information content (AvgIpc) is 2.71. The zero-order valence-electron chi connectivity index (χ0n) is 9.86. The van der Waals surface area contributed by atoms with Crippen LogP contribution in [-0.2, 0) is 6.54 Å². The fourth-order valence-electron chi connectivity index (χ4n) is 1.74. The summed E-state index contributed by atoms with van der Waals surface area (Å²) in [4.78, 5) is 0. The summed E-state index contributed by atoms with van der Waals surface area (Å²) in [5, 5.41) is 11.2. The maximum absolute atomic E-state index is 4.10. The second kappa shape index (κ2) is 4.45. The molecule has 0 amide bonds. The summed E-state index contributed by atoms with van der Waals surface area (Å²) in [6.07, 6.45) is 1.76. The molecule has 2 aromatic rings. The molecule has 1 aromatic heterocycles. The van der Waals surface area contributed by atoms with Gasteiger partial charge in [-0.2, -0.15) is 0 Å². The van der Waals surface area contributed by atoms with E-state index in [1.165, 1.54) is 11.1 Å². The van der Waals surface area contributed by atoms with Gasteiger partial charge < -0.3 is 5.32 Å². The second-order valence-corrected chi connectivity index (χ2v) is 3.87. The molecule has 84 valence electrons.